The maximum Gasteiger partial charge on any atom is 0.122 e. The van der Waals surface area contributed by atoms with Crippen molar-refractivity contribution in [3.63, 3.8) is 0 Å². The molecule has 0 amide bonds. The van der Waals surface area contributed by atoms with Crippen LogP contribution in [0.2, 0.25) is 0 Å². The third-order valence-electron chi connectivity index (χ3n) is 3.19. The van der Waals surface area contributed by atoms with E-state index >= 15 is 0 Å². The van der Waals surface area contributed by atoms with Gasteiger partial charge in [0.25, 0.3) is 0 Å². The number of aliphatic hydroxyl groups excluding tert-OH is 1. The summed E-state index contributed by atoms with van der Waals surface area (Å²) in [7, 11) is 0. The molecule has 88 valence electrons. The van der Waals surface area contributed by atoms with E-state index in [1.54, 1.807) is 18.3 Å². The van der Waals surface area contributed by atoms with Gasteiger partial charge in [-0.05, 0) is 31.7 Å². The summed E-state index contributed by atoms with van der Waals surface area (Å²) in [6.07, 6.45) is 2.92. The Bertz CT molecular complexity index is 545. The standard InChI is InChI=1S/C14H15NOS/c1-9(16)14-15-13-11-7-3-2-5-10(11)6-4-8-12(13)17-14/h2-3,5,7,9,16H,4,6,8H2,1H3. The maximum atomic E-state index is 9.64. The SMILES string of the molecule is CC(O)c1nc2c(s1)CCCc1ccccc1-2. The molecule has 1 aliphatic rings. The number of rotatable bonds is 1. The van der Waals surface area contributed by atoms with Crippen molar-refractivity contribution in [3.05, 3.63) is 39.7 Å². The number of hydrogen-bond donors (Lipinski definition) is 1. The first-order valence-electron chi connectivity index (χ1n) is 6.01. The van der Waals surface area contributed by atoms with Gasteiger partial charge in [0.05, 0.1) is 5.69 Å². The van der Waals surface area contributed by atoms with Gasteiger partial charge in [0.2, 0.25) is 0 Å². The monoisotopic (exact) mass is 245 g/mol. The first-order chi connectivity index (χ1) is 8.25. The predicted octanol–water partition coefficient (Wildman–Crippen LogP) is 3.35. The molecule has 0 bridgehead atoms. The normalized spacial score (nSPS) is 15.9. The highest BCUT2D eigenvalue weighted by molar-refractivity contribution is 7.12. The van der Waals surface area contributed by atoms with Crippen molar-refractivity contribution in [1.29, 1.82) is 0 Å². The zero-order valence-electron chi connectivity index (χ0n) is 9.81. The molecule has 0 fully saturated rings. The largest absolute Gasteiger partial charge is 0.386 e. The van der Waals surface area contributed by atoms with E-state index < -0.39 is 6.10 Å². The molecule has 17 heavy (non-hydrogen) atoms. The molecule has 0 aliphatic heterocycles. The van der Waals surface area contributed by atoms with Crippen LogP contribution in [0, 0.1) is 0 Å². The van der Waals surface area contributed by atoms with Crippen molar-refractivity contribution < 1.29 is 5.11 Å². The first-order valence-corrected chi connectivity index (χ1v) is 6.83. The maximum absolute atomic E-state index is 9.64. The number of fused-ring (bicyclic) bond motifs is 3. The molecule has 3 heteroatoms. The minimum absolute atomic E-state index is 0.459. The smallest absolute Gasteiger partial charge is 0.122 e. The highest BCUT2D eigenvalue weighted by Crippen LogP contribution is 2.36. The van der Waals surface area contributed by atoms with Gasteiger partial charge in [-0.3, -0.25) is 0 Å². The van der Waals surface area contributed by atoms with Crippen LogP contribution in [0.15, 0.2) is 24.3 Å². The third kappa shape index (κ3) is 1.90. The molecule has 2 aromatic rings. The molecular formula is C14H15NOS. The van der Waals surface area contributed by atoms with E-state index in [0.717, 1.165) is 23.5 Å². The van der Waals surface area contributed by atoms with Crippen LogP contribution in [-0.2, 0) is 12.8 Å². The minimum atomic E-state index is -0.459. The van der Waals surface area contributed by atoms with Crippen LogP contribution in [0.1, 0.15) is 34.9 Å². The summed E-state index contributed by atoms with van der Waals surface area (Å²) in [5, 5.41) is 10.5. The third-order valence-corrected chi connectivity index (χ3v) is 4.48. The van der Waals surface area contributed by atoms with Crippen LogP contribution < -0.4 is 0 Å². The molecule has 1 unspecified atom stereocenters. The van der Waals surface area contributed by atoms with Crippen molar-refractivity contribution in [1.82, 2.24) is 4.98 Å². The van der Waals surface area contributed by atoms with Crippen LogP contribution in [0.4, 0.5) is 0 Å². The summed E-state index contributed by atoms with van der Waals surface area (Å²) in [4.78, 5) is 5.94. The first kappa shape index (κ1) is 10.9. The molecule has 1 aromatic heterocycles. The zero-order valence-corrected chi connectivity index (χ0v) is 10.6. The van der Waals surface area contributed by atoms with Crippen molar-refractivity contribution in [2.24, 2.45) is 0 Å². The number of aryl methyl sites for hydroxylation is 2. The van der Waals surface area contributed by atoms with Crippen LogP contribution in [-0.4, -0.2) is 10.1 Å². The molecule has 0 saturated carbocycles. The second-order valence-corrected chi connectivity index (χ2v) is 5.63. The molecule has 1 N–H and O–H groups in total. The Kier molecular flexibility index (Phi) is 2.73. The molecule has 1 aliphatic carbocycles. The van der Waals surface area contributed by atoms with Crippen molar-refractivity contribution in [2.45, 2.75) is 32.3 Å². The van der Waals surface area contributed by atoms with E-state index in [1.165, 1.54) is 22.4 Å². The fraction of sp³-hybridized carbons (Fsp3) is 0.357. The topological polar surface area (TPSA) is 33.1 Å². The van der Waals surface area contributed by atoms with Gasteiger partial charge in [0.1, 0.15) is 11.1 Å². The Balaban J connectivity index is 2.18. The Morgan fingerprint density at radius 1 is 1.29 bits per heavy atom. The summed E-state index contributed by atoms with van der Waals surface area (Å²) < 4.78 is 0. The van der Waals surface area contributed by atoms with E-state index in [1.807, 2.05) is 0 Å². The molecule has 1 atom stereocenters. The summed E-state index contributed by atoms with van der Waals surface area (Å²) >= 11 is 1.66. The van der Waals surface area contributed by atoms with E-state index in [2.05, 4.69) is 29.2 Å². The van der Waals surface area contributed by atoms with Crippen molar-refractivity contribution in [2.75, 3.05) is 0 Å². The van der Waals surface area contributed by atoms with Crippen LogP contribution in [0.5, 0.6) is 0 Å². The Hall–Kier alpha value is -1.19. The summed E-state index contributed by atoms with van der Waals surface area (Å²) in [5.74, 6) is 0. The van der Waals surface area contributed by atoms with E-state index in [4.69, 9.17) is 0 Å². The molecular weight excluding hydrogens is 230 g/mol. The molecule has 0 spiro atoms. The summed E-state index contributed by atoms with van der Waals surface area (Å²) in [6, 6.07) is 8.48. The van der Waals surface area contributed by atoms with Gasteiger partial charge in [-0.2, -0.15) is 0 Å². The van der Waals surface area contributed by atoms with E-state index in [-0.39, 0.29) is 0 Å². The number of thiazole rings is 1. The van der Waals surface area contributed by atoms with Crippen LogP contribution >= 0.6 is 11.3 Å². The lowest BCUT2D eigenvalue weighted by Gasteiger charge is -2.04. The van der Waals surface area contributed by atoms with Gasteiger partial charge >= 0.3 is 0 Å². The lowest BCUT2D eigenvalue weighted by molar-refractivity contribution is 0.199. The van der Waals surface area contributed by atoms with Crippen molar-refractivity contribution >= 4 is 11.3 Å². The highest BCUT2D eigenvalue weighted by atomic mass is 32.1. The Labute approximate surface area is 105 Å². The number of aromatic nitrogens is 1. The van der Waals surface area contributed by atoms with E-state index in [0.29, 0.717) is 0 Å². The average molecular weight is 245 g/mol. The lowest BCUT2D eigenvalue weighted by Crippen LogP contribution is -1.91. The number of hydrogen-bond acceptors (Lipinski definition) is 3. The molecule has 3 rings (SSSR count). The average Bonchev–Trinajstić information content (AvgIpc) is 2.67. The number of benzene rings is 1. The molecule has 0 saturated heterocycles. The summed E-state index contributed by atoms with van der Waals surface area (Å²) in [6.45, 7) is 1.78. The molecule has 2 nitrogen and oxygen atoms in total. The van der Waals surface area contributed by atoms with Crippen LogP contribution in [0.25, 0.3) is 11.3 Å². The molecule has 1 aromatic carbocycles. The van der Waals surface area contributed by atoms with Gasteiger partial charge in [0.15, 0.2) is 0 Å². The van der Waals surface area contributed by atoms with Crippen LogP contribution in [0.3, 0.4) is 0 Å². The predicted molar refractivity (Wildman–Crippen MR) is 70.2 cm³/mol. The molecule has 0 radical (unpaired) electrons. The highest BCUT2D eigenvalue weighted by Gasteiger charge is 2.20. The van der Waals surface area contributed by atoms with E-state index in [9.17, 15) is 5.11 Å². The number of nitrogens with zero attached hydrogens (tertiary/aromatic N) is 1. The lowest BCUT2D eigenvalue weighted by atomic mass is 10.0. The Morgan fingerprint density at radius 2 is 2.12 bits per heavy atom. The minimum Gasteiger partial charge on any atom is -0.386 e. The van der Waals surface area contributed by atoms with Gasteiger partial charge in [-0.1, -0.05) is 24.3 Å². The fourth-order valence-electron chi connectivity index (χ4n) is 2.34. The number of aliphatic hydroxyl groups is 1. The second kappa shape index (κ2) is 4.24. The van der Waals surface area contributed by atoms with Gasteiger partial charge < -0.3 is 5.11 Å². The summed E-state index contributed by atoms with van der Waals surface area (Å²) in [5.41, 5.74) is 3.73. The van der Waals surface area contributed by atoms with Gasteiger partial charge in [-0.15, -0.1) is 11.3 Å². The van der Waals surface area contributed by atoms with Gasteiger partial charge in [-0.25, -0.2) is 4.98 Å². The fourth-order valence-corrected chi connectivity index (χ4v) is 3.40. The quantitative estimate of drug-likeness (QED) is 0.835. The van der Waals surface area contributed by atoms with Crippen molar-refractivity contribution in [3.8, 4) is 11.3 Å². The van der Waals surface area contributed by atoms with Gasteiger partial charge in [0, 0.05) is 10.4 Å². The Morgan fingerprint density at radius 3 is 2.94 bits per heavy atom. The second-order valence-electron chi connectivity index (χ2n) is 4.51. The zero-order chi connectivity index (χ0) is 11.8. The molecule has 1 heterocycles.